The number of amides is 2. The van der Waals surface area contributed by atoms with E-state index >= 15 is 0 Å². The lowest BCUT2D eigenvalue weighted by molar-refractivity contribution is -0.139. The summed E-state index contributed by atoms with van der Waals surface area (Å²) in [6.07, 6.45) is 4.96. The van der Waals surface area contributed by atoms with Gasteiger partial charge in [0.05, 0.1) is 10.6 Å². The molecule has 1 aliphatic carbocycles. The van der Waals surface area contributed by atoms with Crippen molar-refractivity contribution in [1.82, 2.24) is 10.2 Å². The summed E-state index contributed by atoms with van der Waals surface area (Å²) in [4.78, 5) is 28.8. The molecular weight excluding hydrogens is 653 g/mol. The monoisotopic (exact) mass is 687 g/mol. The second-order valence-corrected chi connectivity index (χ2v) is 13.7. The maximum absolute atomic E-state index is 14.1. The van der Waals surface area contributed by atoms with Crippen LogP contribution in [-0.2, 0) is 26.2 Å². The zero-order chi connectivity index (χ0) is 31.3. The second kappa shape index (κ2) is 14.0. The fourth-order valence-electron chi connectivity index (χ4n) is 5.39. The third-order valence-corrected chi connectivity index (χ3v) is 10.2. The molecule has 5 rings (SSSR count). The number of nitrogens with one attached hydrogen (secondary N) is 1. The molecular formula is C32H35BrFN3O6S. The molecule has 12 heteroatoms. The van der Waals surface area contributed by atoms with Crippen LogP contribution in [0.4, 0.5) is 10.1 Å². The van der Waals surface area contributed by atoms with Crippen LogP contribution in [0.1, 0.15) is 44.6 Å². The van der Waals surface area contributed by atoms with Crippen molar-refractivity contribution in [3.63, 3.8) is 0 Å². The first kappa shape index (κ1) is 31.8. The number of sulfonamides is 1. The number of benzene rings is 3. The molecule has 2 aliphatic rings. The van der Waals surface area contributed by atoms with Gasteiger partial charge in [-0.25, -0.2) is 12.8 Å². The molecule has 44 heavy (non-hydrogen) atoms. The SMILES string of the molecule is CC(C(=O)NC1CCCCC1)N(Cc1ccc(Br)cc1)C(=O)CN(c1ccc(F)cc1)S(=O)(=O)c1ccc2c(c1)OCCO2. The smallest absolute Gasteiger partial charge is 0.264 e. The first-order valence-corrected chi connectivity index (χ1v) is 16.9. The van der Waals surface area contributed by atoms with E-state index in [0.29, 0.717) is 12.4 Å². The molecule has 1 heterocycles. The predicted molar refractivity (Wildman–Crippen MR) is 168 cm³/mol. The standard InChI is InChI=1S/C32H35BrFN3O6S/c1-22(32(39)35-26-5-3-2-4-6-26)36(20-23-7-9-24(33)10-8-23)31(38)21-37(27-13-11-25(34)12-14-27)44(40,41)28-15-16-29-30(19-28)43-18-17-42-29/h7-16,19,22,26H,2-6,17-18,20-21H2,1H3,(H,35,39). The molecule has 1 N–H and O–H groups in total. The molecule has 0 spiro atoms. The van der Waals surface area contributed by atoms with E-state index in [-0.39, 0.29) is 41.4 Å². The maximum Gasteiger partial charge on any atom is 0.264 e. The third kappa shape index (κ3) is 7.52. The van der Waals surface area contributed by atoms with Crippen LogP contribution in [0.3, 0.4) is 0 Å². The van der Waals surface area contributed by atoms with Crippen LogP contribution in [0.5, 0.6) is 11.5 Å². The van der Waals surface area contributed by atoms with Crippen LogP contribution in [-0.4, -0.2) is 57.0 Å². The number of fused-ring (bicyclic) bond motifs is 1. The number of halogens is 2. The Morgan fingerprint density at radius 2 is 1.61 bits per heavy atom. The van der Waals surface area contributed by atoms with Crippen LogP contribution < -0.4 is 19.1 Å². The van der Waals surface area contributed by atoms with Crippen LogP contribution in [0.2, 0.25) is 0 Å². The van der Waals surface area contributed by atoms with Crippen molar-refractivity contribution in [3.8, 4) is 11.5 Å². The largest absolute Gasteiger partial charge is 0.486 e. The van der Waals surface area contributed by atoms with Gasteiger partial charge in [0, 0.05) is 23.1 Å². The zero-order valence-corrected chi connectivity index (χ0v) is 26.8. The summed E-state index contributed by atoms with van der Waals surface area (Å²) < 4.78 is 55.0. The molecule has 1 fully saturated rings. The van der Waals surface area contributed by atoms with Crippen molar-refractivity contribution < 1.29 is 31.9 Å². The first-order chi connectivity index (χ1) is 21.1. The molecule has 1 aliphatic heterocycles. The van der Waals surface area contributed by atoms with E-state index in [0.717, 1.165) is 58.6 Å². The lowest BCUT2D eigenvalue weighted by Gasteiger charge is -2.33. The molecule has 0 aromatic heterocycles. The molecule has 1 atom stereocenters. The third-order valence-electron chi connectivity index (χ3n) is 7.88. The van der Waals surface area contributed by atoms with Gasteiger partial charge in [-0.3, -0.25) is 13.9 Å². The summed E-state index contributed by atoms with van der Waals surface area (Å²) >= 11 is 3.42. The minimum atomic E-state index is -4.36. The second-order valence-electron chi connectivity index (χ2n) is 11.0. The molecule has 9 nitrogen and oxygen atoms in total. The number of anilines is 1. The van der Waals surface area contributed by atoms with Crippen molar-refractivity contribution in [3.05, 3.63) is 82.6 Å². The van der Waals surface area contributed by atoms with E-state index in [2.05, 4.69) is 21.2 Å². The van der Waals surface area contributed by atoms with Gasteiger partial charge < -0.3 is 19.7 Å². The fraction of sp³-hybridized carbons (Fsp3) is 0.375. The number of carbonyl (C=O) groups excluding carboxylic acids is 2. The summed E-state index contributed by atoms with van der Waals surface area (Å²) in [7, 11) is -4.36. The average molecular weight is 689 g/mol. The Labute approximate surface area is 265 Å². The van der Waals surface area contributed by atoms with Gasteiger partial charge in [0.15, 0.2) is 11.5 Å². The van der Waals surface area contributed by atoms with Gasteiger partial charge in [-0.15, -0.1) is 0 Å². The Balaban J connectivity index is 1.47. The molecule has 0 saturated heterocycles. The molecule has 3 aromatic carbocycles. The van der Waals surface area contributed by atoms with E-state index in [1.54, 1.807) is 6.92 Å². The van der Waals surface area contributed by atoms with E-state index in [1.807, 2.05) is 24.3 Å². The molecule has 234 valence electrons. The van der Waals surface area contributed by atoms with E-state index in [4.69, 9.17) is 9.47 Å². The zero-order valence-electron chi connectivity index (χ0n) is 24.4. The molecule has 0 bridgehead atoms. The van der Waals surface area contributed by atoms with Gasteiger partial charge >= 0.3 is 0 Å². The molecule has 3 aromatic rings. The Morgan fingerprint density at radius 3 is 2.30 bits per heavy atom. The summed E-state index contributed by atoms with van der Waals surface area (Å²) in [6, 6.07) is 15.6. The highest BCUT2D eigenvalue weighted by Crippen LogP contribution is 2.34. The maximum atomic E-state index is 14.1. The average Bonchev–Trinajstić information content (AvgIpc) is 3.03. The summed E-state index contributed by atoms with van der Waals surface area (Å²) in [5.74, 6) is -0.762. The van der Waals surface area contributed by atoms with Gasteiger partial charge in [-0.05, 0) is 73.9 Å². The lowest BCUT2D eigenvalue weighted by atomic mass is 9.95. The minimum absolute atomic E-state index is 0.0367. The highest BCUT2D eigenvalue weighted by Gasteiger charge is 2.34. The van der Waals surface area contributed by atoms with Crippen LogP contribution in [0.15, 0.2) is 76.1 Å². The highest BCUT2D eigenvalue weighted by atomic mass is 79.9. The van der Waals surface area contributed by atoms with Crippen molar-refractivity contribution in [1.29, 1.82) is 0 Å². The van der Waals surface area contributed by atoms with Crippen molar-refractivity contribution in [2.24, 2.45) is 0 Å². The summed E-state index contributed by atoms with van der Waals surface area (Å²) in [5.41, 5.74) is 0.861. The van der Waals surface area contributed by atoms with Gasteiger partial charge in [-0.1, -0.05) is 47.3 Å². The van der Waals surface area contributed by atoms with Crippen LogP contribution >= 0.6 is 15.9 Å². The van der Waals surface area contributed by atoms with Gasteiger partial charge in [0.2, 0.25) is 11.8 Å². The number of hydrogen-bond acceptors (Lipinski definition) is 6. The predicted octanol–water partition coefficient (Wildman–Crippen LogP) is 5.42. The van der Waals surface area contributed by atoms with Gasteiger partial charge in [0.1, 0.15) is 31.6 Å². The quantitative estimate of drug-likeness (QED) is 0.305. The summed E-state index contributed by atoms with van der Waals surface area (Å²) in [6.45, 7) is 1.71. The Kier molecular flexibility index (Phi) is 10.1. The van der Waals surface area contributed by atoms with E-state index in [9.17, 15) is 22.4 Å². The molecule has 0 radical (unpaired) electrons. The van der Waals surface area contributed by atoms with Crippen molar-refractivity contribution in [2.75, 3.05) is 24.1 Å². The van der Waals surface area contributed by atoms with Crippen LogP contribution in [0, 0.1) is 5.82 Å². The molecule has 1 unspecified atom stereocenters. The Hall–Kier alpha value is -3.64. The first-order valence-electron chi connectivity index (χ1n) is 14.6. The van der Waals surface area contributed by atoms with Gasteiger partial charge in [0.25, 0.3) is 10.0 Å². The molecule has 2 amide bonds. The Bertz CT molecular complexity index is 1580. The normalized spacial score (nSPS) is 15.7. The topological polar surface area (TPSA) is 105 Å². The van der Waals surface area contributed by atoms with Crippen LogP contribution in [0.25, 0.3) is 0 Å². The number of nitrogens with zero attached hydrogens (tertiary/aromatic N) is 2. The van der Waals surface area contributed by atoms with Crippen molar-refractivity contribution >= 4 is 43.5 Å². The van der Waals surface area contributed by atoms with E-state index < -0.39 is 34.3 Å². The highest BCUT2D eigenvalue weighted by molar-refractivity contribution is 9.10. The molecule has 1 saturated carbocycles. The van der Waals surface area contributed by atoms with Crippen molar-refractivity contribution in [2.45, 2.75) is 62.6 Å². The Morgan fingerprint density at radius 1 is 0.955 bits per heavy atom. The number of rotatable bonds is 10. The fourth-order valence-corrected chi connectivity index (χ4v) is 7.08. The van der Waals surface area contributed by atoms with E-state index in [1.165, 1.54) is 35.2 Å². The number of carbonyl (C=O) groups is 2. The van der Waals surface area contributed by atoms with Gasteiger partial charge in [-0.2, -0.15) is 0 Å². The number of ether oxygens (including phenoxy) is 2. The number of hydrogen-bond donors (Lipinski definition) is 1. The summed E-state index contributed by atoms with van der Waals surface area (Å²) in [5, 5.41) is 3.09. The minimum Gasteiger partial charge on any atom is -0.486 e. The lowest BCUT2D eigenvalue weighted by Crippen LogP contribution is -2.53.